The molecule has 26 heavy (non-hydrogen) atoms. The SMILES string of the molecule is [C-]#[N+]c1nc(N=Nc2cc3c(cc2NCC)N(C)CCC3)n(C)c1[N+]#[C-]. The molecule has 1 aromatic carbocycles. The molecule has 3 rings (SSSR count). The summed E-state index contributed by atoms with van der Waals surface area (Å²) in [5, 5.41) is 11.9. The fourth-order valence-corrected chi connectivity index (χ4v) is 3.07. The Morgan fingerprint density at radius 2 is 2.04 bits per heavy atom. The highest BCUT2D eigenvalue weighted by Crippen LogP contribution is 2.38. The Labute approximate surface area is 152 Å². The van der Waals surface area contributed by atoms with Gasteiger partial charge in [-0.25, -0.2) is 4.57 Å². The minimum atomic E-state index is 0.0513. The van der Waals surface area contributed by atoms with Crippen LogP contribution in [0.3, 0.4) is 0 Å². The molecule has 1 aliphatic heterocycles. The maximum atomic E-state index is 7.18. The van der Waals surface area contributed by atoms with Crippen molar-refractivity contribution in [3.63, 3.8) is 0 Å². The predicted octanol–water partition coefficient (Wildman–Crippen LogP) is 4.75. The lowest BCUT2D eigenvalue weighted by Crippen LogP contribution is -2.24. The first-order valence-electron chi connectivity index (χ1n) is 8.44. The third-order valence-electron chi connectivity index (χ3n) is 4.40. The Kier molecular flexibility index (Phi) is 4.85. The van der Waals surface area contributed by atoms with Gasteiger partial charge in [0.2, 0.25) is 0 Å². The molecule has 0 fully saturated rings. The molecule has 1 N–H and O–H groups in total. The molecular formula is C18H20N8. The van der Waals surface area contributed by atoms with Crippen LogP contribution in [0.1, 0.15) is 18.9 Å². The molecule has 0 atom stereocenters. The number of azo groups is 1. The third kappa shape index (κ3) is 3.09. The largest absolute Gasteiger partial charge is 0.416 e. The van der Waals surface area contributed by atoms with Crippen LogP contribution in [0.15, 0.2) is 22.4 Å². The maximum Gasteiger partial charge on any atom is 0.416 e. The fraction of sp³-hybridized carbons (Fsp3) is 0.389. The molecule has 2 aromatic rings. The van der Waals surface area contributed by atoms with E-state index in [0.29, 0.717) is 0 Å². The number of benzene rings is 1. The number of aromatic nitrogens is 2. The summed E-state index contributed by atoms with van der Waals surface area (Å²) in [5.74, 6) is 0.475. The van der Waals surface area contributed by atoms with E-state index in [0.717, 1.165) is 37.3 Å². The van der Waals surface area contributed by atoms with Gasteiger partial charge in [0.25, 0.3) is 11.6 Å². The van der Waals surface area contributed by atoms with Crippen molar-refractivity contribution >= 4 is 34.6 Å². The van der Waals surface area contributed by atoms with Gasteiger partial charge in [-0.1, -0.05) is 23.2 Å². The average Bonchev–Trinajstić information content (AvgIpc) is 2.95. The summed E-state index contributed by atoms with van der Waals surface area (Å²) in [6, 6.07) is 4.17. The zero-order valence-electron chi connectivity index (χ0n) is 15.1. The summed E-state index contributed by atoms with van der Waals surface area (Å²) in [5.41, 5.74) is 4.11. The number of imidazole rings is 1. The Hall–Kier alpha value is -3.39. The van der Waals surface area contributed by atoms with Gasteiger partial charge in [-0.15, -0.1) is 5.11 Å². The average molecular weight is 348 g/mol. The van der Waals surface area contributed by atoms with Crippen molar-refractivity contribution in [3.05, 3.63) is 40.5 Å². The van der Waals surface area contributed by atoms with Crippen molar-refractivity contribution in [3.8, 4) is 0 Å². The molecule has 1 aromatic heterocycles. The van der Waals surface area contributed by atoms with Crippen LogP contribution in [0, 0.1) is 13.1 Å². The molecule has 1 aliphatic rings. The van der Waals surface area contributed by atoms with Crippen molar-refractivity contribution in [2.24, 2.45) is 17.3 Å². The quantitative estimate of drug-likeness (QED) is 0.640. The van der Waals surface area contributed by atoms with E-state index < -0.39 is 0 Å². The minimum Gasteiger partial charge on any atom is -0.383 e. The molecule has 0 bridgehead atoms. The number of nitrogens with zero attached hydrogens (tertiary/aromatic N) is 7. The molecule has 0 radical (unpaired) electrons. The summed E-state index contributed by atoms with van der Waals surface area (Å²) in [7, 11) is 3.76. The number of anilines is 2. The minimum absolute atomic E-state index is 0.0513. The summed E-state index contributed by atoms with van der Waals surface area (Å²) in [6.07, 6.45) is 2.13. The smallest absolute Gasteiger partial charge is 0.383 e. The number of hydrogen-bond acceptors (Lipinski definition) is 5. The lowest BCUT2D eigenvalue weighted by atomic mass is 10.0. The highest BCUT2D eigenvalue weighted by Gasteiger charge is 2.20. The fourth-order valence-electron chi connectivity index (χ4n) is 3.07. The van der Waals surface area contributed by atoms with Gasteiger partial charge in [0.1, 0.15) is 5.69 Å². The molecule has 8 heteroatoms. The Bertz CT molecular complexity index is 942. The third-order valence-corrected chi connectivity index (χ3v) is 4.40. The van der Waals surface area contributed by atoms with Crippen LogP contribution in [-0.2, 0) is 13.5 Å². The van der Waals surface area contributed by atoms with Gasteiger partial charge >= 0.3 is 5.95 Å². The van der Waals surface area contributed by atoms with Gasteiger partial charge in [-0.05, 0) is 37.5 Å². The van der Waals surface area contributed by atoms with Crippen LogP contribution < -0.4 is 10.2 Å². The van der Waals surface area contributed by atoms with Gasteiger partial charge < -0.3 is 19.9 Å². The summed E-state index contributed by atoms with van der Waals surface area (Å²) in [6.45, 7) is 18.2. The number of aryl methyl sites for hydroxylation is 1. The zero-order valence-corrected chi connectivity index (χ0v) is 15.1. The van der Waals surface area contributed by atoms with E-state index in [2.05, 4.69) is 54.3 Å². The van der Waals surface area contributed by atoms with Crippen molar-refractivity contribution in [1.29, 1.82) is 0 Å². The molecule has 0 spiro atoms. The molecule has 0 saturated carbocycles. The van der Waals surface area contributed by atoms with Crippen LogP contribution >= 0.6 is 0 Å². The number of fused-ring (bicyclic) bond motifs is 1. The van der Waals surface area contributed by atoms with Crippen LogP contribution in [-0.4, -0.2) is 29.7 Å². The van der Waals surface area contributed by atoms with Crippen molar-refractivity contribution < 1.29 is 0 Å². The van der Waals surface area contributed by atoms with E-state index in [1.54, 1.807) is 7.05 Å². The van der Waals surface area contributed by atoms with Gasteiger partial charge in [-0.2, -0.15) is 0 Å². The number of rotatable bonds is 4. The summed E-state index contributed by atoms with van der Waals surface area (Å²) < 4.78 is 1.49. The molecule has 0 unspecified atom stereocenters. The molecule has 8 nitrogen and oxygen atoms in total. The van der Waals surface area contributed by atoms with Crippen molar-refractivity contribution in [2.75, 3.05) is 30.4 Å². The lowest BCUT2D eigenvalue weighted by molar-refractivity contribution is 0.744. The van der Waals surface area contributed by atoms with E-state index in [-0.39, 0.29) is 17.6 Å². The van der Waals surface area contributed by atoms with Gasteiger partial charge in [-0.3, -0.25) is 0 Å². The zero-order chi connectivity index (χ0) is 18.7. The maximum absolute atomic E-state index is 7.18. The molecule has 0 amide bonds. The van der Waals surface area contributed by atoms with Crippen LogP contribution in [0.25, 0.3) is 9.69 Å². The molecule has 0 saturated heterocycles. The first-order chi connectivity index (χ1) is 12.6. The lowest BCUT2D eigenvalue weighted by Gasteiger charge is -2.28. The normalized spacial score (nSPS) is 13.3. The molecular weight excluding hydrogens is 328 g/mol. The van der Waals surface area contributed by atoms with Crippen molar-refractivity contribution in [1.82, 2.24) is 9.55 Å². The monoisotopic (exact) mass is 348 g/mol. The standard InChI is InChI=1S/C18H20N8/c1-6-21-13-11-15-12(8-7-9-25(15)4)10-14(13)23-24-18-22-16(19-2)17(20-3)26(18)5/h10-11,21H,6-9H2,1,4-5H3. The van der Waals surface area contributed by atoms with E-state index in [9.17, 15) is 0 Å². The molecule has 132 valence electrons. The van der Waals surface area contributed by atoms with Gasteiger partial charge in [0.15, 0.2) is 0 Å². The highest BCUT2D eigenvalue weighted by atomic mass is 15.3. The van der Waals surface area contributed by atoms with E-state index in [1.165, 1.54) is 15.8 Å². The van der Waals surface area contributed by atoms with Crippen LogP contribution in [0.4, 0.5) is 34.6 Å². The Morgan fingerprint density at radius 3 is 2.69 bits per heavy atom. The molecule has 0 aliphatic carbocycles. The first-order valence-corrected chi connectivity index (χ1v) is 8.44. The number of nitrogens with one attached hydrogen (secondary N) is 1. The van der Waals surface area contributed by atoms with Gasteiger partial charge in [0.05, 0.1) is 12.7 Å². The second-order valence-corrected chi connectivity index (χ2v) is 6.10. The topological polar surface area (TPSA) is 66.5 Å². The Balaban J connectivity index is 2.02. The van der Waals surface area contributed by atoms with Crippen molar-refractivity contribution in [2.45, 2.75) is 19.8 Å². The highest BCUT2D eigenvalue weighted by molar-refractivity contribution is 5.75. The number of hydrogen-bond donors (Lipinski definition) is 1. The summed E-state index contributed by atoms with van der Waals surface area (Å²) in [4.78, 5) is 13.0. The van der Waals surface area contributed by atoms with E-state index in [4.69, 9.17) is 13.1 Å². The van der Waals surface area contributed by atoms with E-state index in [1.807, 2.05) is 6.92 Å². The van der Waals surface area contributed by atoms with Gasteiger partial charge in [0, 0.05) is 25.8 Å². The van der Waals surface area contributed by atoms with E-state index >= 15 is 0 Å². The second-order valence-electron chi connectivity index (χ2n) is 6.10. The summed E-state index contributed by atoms with van der Waals surface area (Å²) >= 11 is 0. The van der Waals surface area contributed by atoms with Crippen LogP contribution in [0.5, 0.6) is 0 Å². The predicted molar refractivity (Wildman–Crippen MR) is 102 cm³/mol. The first kappa shape index (κ1) is 17.4. The van der Waals surface area contributed by atoms with Crippen LogP contribution in [0.2, 0.25) is 0 Å². The molecule has 2 heterocycles. The Morgan fingerprint density at radius 1 is 1.23 bits per heavy atom. The second kappa shape index (κ2) is 7.24.